The Morgan fingerprint density at radius 1 is 0.917 bits per heavy atom. The molecule has 3 nitrogen and oxygen atoms in total. The van der Waals surface area contributed by atoms with Gasteiger partial charge >= 0.3 is 0 Å². The average Bonchev–Trinajstić information content (AvgIpc) is 2.55. The van der Waals surface area contributed by atoms with E-state index in [4.69, 9.17) is 0 Å². The van der Waals surface area contributed by atoms with Gasteiger partial charge in [0.05, 0.1) is 10.6 Å². The minimum Gasteiger partial charge on any atom is -0.266 e. The van der Waals surface area contributed by atoms with E-state index in [9.17, 15) is 8.42 Å². The third-order valence-corrected chi connectivity index (χ3v) is 6.27. The van der Waals surface area contributed by atoms with Crippen LogP contribution in [-0.4, -0.2) is 15.0 Å². The zero-order valence-corrected chi connectivity index (χ0v) is 15.0. The van der Waals surface area contributed by atoms with Crippen LogP contribution in [-0.2, 0) is 10.0 Å². The highest BCUT2D eigenvalue weighted by atomic mass is 32.2. The molecule has 24 heavy (non-hydrogen) atoms. The molecule has 3 aromatic carbocycles. The number of anilines is 1. The summed E-state index contributed by atoms with van der Waals surface area (Å²) in [5, 5.41) is 1.97. The fourth-order valence-electron chi connectivity index (χ4n) is 3.10. The van der Waals surface area contributed by atoms with Gasteiger partial charge in [-0.2, -0.15) is 0 Å². The molecule has 0 aliphatic heterocycles. The Morgan fingerprint density at radius 2 is 1.62 bits per heavy atom. The van der Waals surface area contributed by atoms with Gasteiger partial charge in [-0.05, 0) is 43.9 Å². The maximum Gasteiger partial charge on any atom is 0.264 e. The second-order valence-electron chi connectivity index (χ2n) is 5.94. The normalized spacial score (nSPS) is 11.6. The van der Waals surface area contributed by atoms with Crippen LogP contribution in [0.5, 0.6) is 0 Å². The van der Waals surface area contributed by atoms with E-state index in [0.717, 1.165) is 27.6 Å². The molecule has 0 spiro atoms. The van der Waals surface area contributed by atoms with E-state index in [1.54, 1.807) is 6.07 Å². The molecule has 0 atom stereocenters. The van der Waals surface area contributed by atoms with Crippen LogP contribution in [0.2, 0.25) is 0 Å². The molecule has 4 heteroatoms. The van der Waals surface area contributed by atoms with Gasteiger partial charge in [0.2, 0.25) is 0 Å². The van der Waals surface area contributed by atoms with Crippen molar-refractivity contribution in [3.05, 3.63) is 71.8 Å². The minimum atomic E-state index is -3.61. The van der Waals surface area contributed by atoms with Crippen LogP contribution in [0, 0.1) is 13.8 Å². The van der Waals surface area contributed by atoms with Gasteiger partial charge < -0.3 is 0 Å². The van der Waals surface area contributed by atoms with Crippen molar-refractivity contribution in [2.24, 2.45) is 0 Å². The van der Waals surface area contributed by atoms with Gasteiger partial charge in [-0.3, -0.25) is 4.31 Å². The van der Waals surface area contributed by atoms with E-state index in [1.165, 1.54) is 4.31 Å². The molecule has 0 radical (unpaired) electrons. The molecule has 0 heterocycles. The lowest BCUT2D eigenvalue weighted by Gasteiger charge is -2.25. The molecular weight excluding hydrogens is 318 g/mol. The third kappa shape index (κ3) is 2.78. The standard InChI is InChI=1S/C20H21NO2S/c1-4-21(19-11-7-9-17-8-5-6-10-18(17)19)24(22,23)20-13-12-15(2)14-16(20)3/h5-14H,4H2,1-3H3. The quantitative estimate of drug-likeness (QED) is 0.692. The number of benzene rings is 3. The molecule has 0 fully saturated rings. The van der Waals surface area contributed by atoms with E-state index in [0.29, 0.717) is 11.4 Å². The van der Waals surface area contributed by atoms with Gasteiger partial charge in [-0.15, -0.1) is 0 Å². The zero-order chi connectivity index (χ0) is 17.3. The second-order valence-corrected chi connectivity index (χ2v) is 7.77. The number of hydrogen-bond acceptors (Lipinski definition) is 2. The molecule has 0 bridgehead atoms. The number of fused-ring (bicyclic) bond motifs is 1. The van der Waals surface area contributed by atoms with Gasteiger partial charge in [-0.1, -0.05) is 54.1 Å². The van der Waals surface area contributed by atoms with Gasteiger partial charge in [0.25, 0.3) is 10.0 Å². The molecular formula is C20H21NO2S. The molecule has 0 aliphatic carbocycles. The SMILES string of the molecule is CCN(c1cccc2ccccc12)S(=O)(=O)c1ccc(C)cc1C. The molecule has 124 valence electrons. The molecule has 0 aromatic heterocycles. The molecule has 0 N–H and O–H groups in total. The summed E-state index contributed by atoms with van der Waals surface area (Å²) >= 11 is 0. The molecule has 0 unspecified atom stereocenters. The molecule has 3 aromatic rings. The predicted molar refractivity (Wildman–Crippen MR) is 100 cm³/mol. The smallest absolute Gasteiger partial charge is 0.264 e. The maximum atomic E-state index is 13.3. The van der Waals surface area contributed by atoms with Crippen LogP contribution in [0.3, 0.4) is 0 Å². The molecule has 0 amide bonds. The first-order chi connectivity index (χ1) is 11.4. The Balaban J connectivity index is 2.20. The van der Waals surface area contributed by atoms with Crippen LogP contribution >= 0.6 is 0 Å². The number of hydrogen-bond donors (Lipinski definition) is 0. The number of nitrogens with zero attached hydrogens (tertiary/aromatic N) is 1. The summed E-state index contributed by atoms with van der Waals surface area (Å²) in [6.07, 6.45) is 0. The molecule has 0 saturated carbocycles. The van der Waals surface area contributed by atoms with Crippen molar-refractivity contribution in [2.45, 2.75) is 25.7 Å². The lowest BCUT2D eigenvalue weighted by molar-refractivity contribution is 0.591. The van der Waals surface area contributed by atoms with E-state index in [1.807, 2.05) is 75.4 Å². The fraction of sp³-hybridized carbons (Fsp3) is 0.200. The van der Waals surface area contributed by atoms with Crippen molar-refractivity contribution in [3.8, 4) is 0 Å². The highest BCUT2D eigenvalue weighted by Crippen LogP contribution is 2.31. The Labute approximate surface area is 143 Å². The largest absolute Gasteiger partial charge is 0.266 e. The monoisotopic (exact) mass is 339 g/mol. The summed E-state index contributed by atoms with van der Waals surface area (Å²) in [4.78, 5) is 0.364. The van der Waals surface area contributed by atoms with Crippen molar-refractivity contribution in [1.82, 2.24) is 0 Å². The first-order valence-corrected chi connectivity index (χ1v) is 9.47. The van der Waals surface area contributed by atoms with E-state index >= 15 is 0 Å². The Kier molecular flexibility index (Phi) is 4.33. The zero-order valence-electron chi connectivity index (χ0n) is 14.2. The number of rotatable bonds is 4. The number of sulfonamides is 1. The minimum absolute atomic E-state index is 0.364. The third-order valence-electron chi connectivity index (χ3n) is 4.22. The fourth-order valence-corrected chi connectivity index (χ4v) is 4.80. The first-order valence-electron chi connectivity index (χ1n) is 8.03. The lowest BCUT2D eigenvalue weighted by Crippen LogP contribution is -2.31. The van der Waals surface area contributed by atoms with Gasteiger partial charge in [0.15, 0.2) is 0 Å². The van der Waals surface area contributed by atoms with Crippen LogP contribution < -0.4 is 4.31 Å². The Hall–Kier alpha value is -2.33. The average molecular weight is 339 g/mol. The summed E-state index contributed by atoms with van der Waals surface area (Å²) in [6, 6.07) is 19.1. The van der Waals surface area contributed by atoms with Gasteiger partial charge in [0.1, 0.15) is 0 Å². The van der Waals surface area contributed by atoms with Crippen molar-refractivity contribution in [1.29, 1.82) is 0 Å². The first kappa shape index (κ1) is 16.5. The van der Waals surface area contributed by atoms with Gasteiger partial charge in [0, 0.05) is 11.9 Å². The Bertz CT molecular complexity index is 988. The van der Waals surface area contributed by atoms with Crippen molar-refractivity contribution in [3.63, 3.8) is 0 Å². The summed E-state index contributed by atoms with van der Waals surface area (Å²) in [5.74, 6) is 0. The number of aryl methyl sites for hydroxylation is 2. The van der Waals surface area contributed by atoms with Crippen molar-refractivity contribution < 1.29 is 8.42 Å². The van der Waals surface area contributed by atoms with Gasteiger partial charge in [-0.25, -0.2) is 8.42 Å². The predicted octanol–water partition coefficient (Wildman–Crippen LogP) is 4.67. The summed E-state index contributed by atoms with van der Waals surface area (Å²) in [5.41, 5.74) is 2.55. The molecule has 0 aliphatic rings. The highest BCUT2D eigenvalue weighted by molar-refractivity contribution is 7.92. The van der Waals surface area contributed by atoms with E-state index in [2.05, 4.69) is 0 Å². The van der Waals surface area contributed by atoms with Crippen molar-refractivity contribution >= 4 is 26.5 Å². The van der Waals surface area contributed by atoms with Crippen molar-refractivity contribution in [2.75, 3.05) is 10.8 Å². The molecule has 3 rings (SSSR count). The summed E-state index contributed by atoms with van der Waals surface area (Å²) in [6.45, 7) is 6.05. The molecule has 0 saturated heterocycles. The maximum absolute atomic E-state index is 13.3. The van der Waals surface area contributed by atoms with Crippen LogP contribution in [0.25, 0.3) is 10.8 Å². The topological polar surface area (TPSA) is 37.4 Å². The Morgan fingerprint density at radius 3 is 2.33 bits per heavy atom. The van der Waals surface area contributed by atoms with Crippen LogP contribution in [0.1, 0.15) is 18.1 Å². The lowest BCUT2D eigenvalue weighted by atomic mass is 10.1. The van der Waals surface area contributed by atoms with E-state index < -0.39 is 10.0 Å². The summed E-state index contributed by atoms with van der Waals surface area (Å²) < 4.78 is 28.0. The summed E-state index contributed by atoms with van der Waals surface area (Å²) in [7, 11) is -3.61. The van der Waals surface area contributed by atoms with Crippen LogP contribution in [0.15, 0.2) is 65.6 Å². The van der Waals surface area contributed by atoms with E-state index in [-0.39, 0.29) is 0 Å². The van der Waals surface area contributed by atoms with Crippen LogP contribution in [0.4, 0.5) is 5.69 Å². The highest BCUT2D eigenvalue weighted by Gasteiger charge is 2.26. The second kappa shape index (κ2) is 6.29.